The Bertz CT molecular complexity index is 1260. The van der Waals surface area contributed by atoms with Gasteiger partial charge in [0.05, 0.1) is 28.6 Å². The number of methoxy groups -OCH3 is 1. The van der Waals surface area contributed by atoms with Gasteiger partial charge in [-0.2, -0.15) is 5.26 Å². The molecule has 1 aromatic heterocycles. The minimum absolute atomic E-state index is 0.00608. The third-order valence-corrected chi connectivity index (χ3v) is 6.02. The molecule has 0 unspecified atom stereocenters. The zero-order chi connectivity index (χ0) is 18.5. The maximum Gasteiger partial charge on any atom is 0.207 e. The molecule has 0 spiro atoms. The number of hydrogen-bond donors (Lipinski definition) is 1. The summed E-state index contributed by atoms with van der Waals surface area (Å²) >= 11 is 1.39. The molecule has 0 atom stereocenters. The summed E-state index contributed by atoms with van der Waals surface area (Å²) in [7, 11) is 1.64. The molecular weight excluding hydrogens is 358 g/mol. The van der Waals surface area contributed by atoms with Crippen LogP contribution in [0.3, 0.4) is 0 Å². The Kier molecular flexibility index (Phi) is 3.46. The number of fused-ring (bicyclic) bond motifs is 4. The number of anilines is 1. The van der Waals surface area contributed by atoms with Crippen molar-refractivity contribution >= 4 is 27.2 Å². The smallest absolute Gasteiger partial charge is 0.207 e. The second kappa shape index (κ2) is 5.86. The lowest BCUT2D eigenvalue weighted by molar-refractivity contribution is 0.415. The number of hydrogen-bond acceptors (Lipinski definition) is 5. The van der Waals surface area contributed by atoms with Gasteiger partial charge in [-0.1, -0.05) is 0 Å². The molecule has 6 heteroatoms. The van der Waals surface area contributed by atoms with E-state index >= 15 is 0 Å². The quantitative estimate of drug-likeness (QED) is 0.573. The van der Waals surface area contributed by atoms with E-state index in [0.717, 1.165) is 41.3 Å². The zero-order valence-electron chi connectivity index (χ0n) is 14.6. The van der Waals surface area contributed by atoms with Gasteiger partial charge in [0.1, 0.15) is 17.6 Å². The van der Waals surface area contributed by atoms with E-state index in [9.17, 15) is 10.1 Å². The van der Waals surface area contributed by atoms with Crippen molar-refractivity contribution in [1.82, 2.24) is 4.57 Å². The number of nitrogens with one attached hydrogen (secondary N) is 1. The number of nitrogens with zero attached hydrogens (tertiary/aromatic N) is 2. The van der Waals surface area contributed by atoms with Crippen LogP contribution in [0.2, 0.25) is 0 Å². The van der Waals surface area contributed by atoms with Crippen molar-refractivity contribution in [2.24, 2.45) is 0 Å². The Labute approximate surface area is 159 Å². The van der Waals surface area contributed by atoms with Crippen LogP contribution in [0.4, 0.5) is 5.82 Å². The van der Waals surface area contributed by atoms with Crippen LogP contribution in [-0.2, 0) is 6.54 Å². The molecule has 3 heterocycles. The summed E-state index contributed by atoms with van der Waals surface area (Å²) < 4.78 is 8.03. The molecule has 0 saturated carbocycles. The van der Waals surface area contributed by atoms with E-state index in [-0.39, 0.29) is 5.43 Å². The fourth-order valence-electron chi connectivity index (χ4n) is 3.86. The molecule has 0 radical (unpaired) electrons. The Hall–Kier alpha value is -3.30. The van der Waals surface area contributed by atoms with Crippen molar-refractivity contribution in [1.29, 1.82) is 5.26 Å². The minimum Gasteiger partial charge on any atom is -0.497 e. The van der Waals surface area contributed by atoms with Crippen molar-refractivity contribution in [3.05, 3.63) is 57.6 Å². The second-order valence-electron chi connectivity index (χ2n) is 6.45. The Morgan fingerprint density at radius 1 is 1.26 bits per heavy atom. The highest BCUT2D eigenvalue weighted by Crippen LogP contribution is 2.41. The Morgan fingerprint density at radius 2 is 2.07 bits per heavy atom. The summed E-state index contributed by atoms with van der Waals surface area (Å²) in [5, 5.41) is 15.8. The van der Waals surface area contributed by atoms with E-state index in [4.69, 9.17) is 4.74 Å². The molecule has 0 amide bonds. The van der Waals surface area contributed by atoms with Crippen LogP contribution in [0.15, 0.2) is 46.6 Å². The van der Waals surface area contributed by atoms with E-state index in [2.05, 4.69) is 16.0 Å². The number of thiophene rings is 1. The molecule has 1 aliphatic carbocycles. The van der Waals surface area contributed by atoms with E-state index in [0.29, 0.717) is 21.4 Å². The number of nitriles is 1. The largest absolute Gasteiger partial charge is 0.497 e. The van der Waals surface area contributed by atoms with Crippen LogP contribution in [0.5, 0.6) is 5.75 Å². The highest BCUT2D eigenvalue weighted by atomic mass is 32.1. The van der Waals surface area contributed by atoms with Crippen LogP contribution < -0.4 is 15.5 Å². The van der Waals surface area contributed by atoms with Gasteiger partial charge >= 0.3 is 0 Å². The van der Waals surface area contributed by atoms with Crippen LogP contribution in [0, 0.1) is 11.3 Å². The topological polar surface area (TPSA) is 67.0 Å². The first-order chi connectivity index (χ1) is 13.2. The number of ether oxygens (including phenoxy) is 1. The van der Waals surface area contributed by atoms with E-state index < -0.39 is 0 Å². The number of pyridine rings is 1. The summed E-state index contributed by atoms with van der Waals surface area (Å²) in [4.78, 5) is 13.1. The number of aromatic nitrogens is 1. The highest BCUT2D eigenvalue weighted by Gasteiger charge is 2.27. The summed E-state index contributed by atoms with van der Waals surface area (Å²) in [6.07, 6.45) is 0. The summed E-state index contributed by atoms with van der Waals surface area (Å²) in [6, 6.07) is 14.0. The third kappa shape index (κ3) is 2.19. The van der Waals surface area contributed by atoms with Gasteiger partial charge in [-0.25, -0.2) is 0 Å². The first-order valence-corrected chi connectivity index (χ1v) is 9.50. The molecule has 27 heavy (non-hydrogen) atoms. The average molecular weight is 373 g/mol. The second-order valence-corrected chi connectivity index (χ2v) is 7.37. The lowest BCUT2D eigenvalue weighted by atomic mass is 9.93. The van der Waals surface area contributed by atoms with Crippen LogP contribution >= 0.6 is 11.3 Å². The predicted molar refractivity (Wildman–Crippen MR) is 108 cm³/mol. The first kappa shape index (κ1) is 15.9. The van der Waals surface area contributed by atoms with Crippen LogP contribution in [-0.4, -0.2) is 18.2 Å². The van der Waals surface area contributed by atoms with Gasteiger partial charge < -0.3 is 14.6 Å². The fourth-order valence-corrected chi connectivity index (χ4v) is 4.71. The summed E-state index contributed by atoms with van der Waals surface area (Å²) in [5.74, 6) is 1.59. The maximum atomic E-state index is 13.1. The molecular formula is C21H15N3O2S. The van der Waals surface area contributed by atoms with E-state index in [1.54, 1.807) is 7.11 Å². The lowest BCUT2D eigenvalue weighted by Gasteiger charge is -2.19. The molecule has 5 rings (SSSR count). The van der Waals surface area contributed by atoms with Crippen molar-refractivity contribution in [3.8, 4) is 34.2 Å². The molecule has 0 saturated heterocycles. The van der Waals surface area contributed by atoms with Crippen molar-refractivity contribution in [2.75, 3.05) is 19.0 Å². The van der Waals surface area contributed by atoms with Gasteiger partial charge in [0.2, 0.25) is 5.43 Å². The molecule has 5 nitrogen and oxygen atoms in total. The molecule has 1 N–H and O–H groups in total. The standard InChI is InChI=1S/C21H15N3O2S/c1-26-13-4-2-12(3-5-13)17-10-15-16(11-22)14-6-9-27-20(14)19(25)18(15)21-23-7-8-24(17)21/h2-6,9-10,23H,7-8H2,1H3. The lowest BCUT2D eigenvalue weighted by Crippen LogP contribution is -2.13. The molecule has 0 fully saturated rings. The fraction of sp³-hybridized carbons (Fsp3) is 0.143. The molecule has 0 bridgehead atoms. The highest BCUT2D eigenvalue weighted by molar-refractivity contribution is 7.17. The molecule has 1 aromatic carbocycles. The van der Waals surface area contributed by atoms with Gasteiger partial charge in [0.15, 0.2) is 0 Å². The molecule has 2 aromatic rings. The Balaban J connectivity index is 1.91. The first-order valence-electron chi connectivity index (χ1n) is 8.62. The van der Waals surface area contributed by atoms with Crippen molar-refractivity contribution in [2.45, 2.75) is 6.54 Å². The SMILES string of the molecule is COc1ccc(-c2cc3c(C#N)c4ccsc4c(=O)c-3c3n2CCN3)cc1. The van der Waals surface area contributed by atoms with Gasteiger partial charge in [0.25, 0.3) is 0 Å². The van der Waals surface area contributed by atoms with Crippen LogP contribution in [0.25, 0.3) is 32.5 Å². The number of benzene rings is 2. The van der Waals surface area contributed by atoms with Crippen molar-refractivity contribution in [3.63, 3.8) is 0 Å². The van der Waals surface area contributed by atoms with Crippen molar-refractivity contribution < 1.29 is 4.74 Å². The summed E-state index contributed by atoms with van der Waals surface area (Å²) in [6.45, 7) is 1.53. The molecule has 2 aliphatic heterocycles. The zero-order valence-corrected chi connectivity index (χ0v) is 15.4. The Morgan fingerprint density at radius 3 is 2.81 bits per heavy atom. The van der Waals surface area contributed by atoms with Gasteiger partial charge in [0, 0.05) is 24.0 Å². The number of rotatable bonds is 2. The van der Waals surface area contributed by atoms with Crippen LogP contribution in [0.1, 0.15) is 5.56 Å². The van der Waals surface area contributed by atoms with Gasteiger partial charge in [-0.15, -0.1) is 11.3 Å². The molecule has 132 valence electrons. The van der Waals surface area contributed by atoms with E-state index in [1.165, 1.54) is 11.3 Å². The average Bonchev–Trinajstić information content (AvgIpc) is 3.37. The monoisotopic (exact) mass is 373 g/mol. The third-order valence-electron chi connectivity index (χ3n) is 5.11. The summed E-state index contributed by atoms with van der Waals surface area (Å²) in [5.41, 5.74) is 3.87. The molecule has 3 aliphatic rings. The predicted octanol–water partition coefficient (Wildman–Crippen LogP) is 4.14. The normalized spacial score (nSPS) is 12.7. The minimum atomic E-state index is -0.00608. The van der Waals surface area contributed by atoms with E-state index in [1.807, 2.05) is 41.8 Å². The van der Waals surface area contributed by atoms with Gasteiger partial charge in [-0.3, -0.25) is 4.79 Å². The maximum absolute atomic E-state index is 13.1. The van der Waals surface area contributed by atoms with Gasteiger partial charge in [-0.05, 0) is 47.3 Å².